The van der Waals surface area contributed by atoms with Gasteiger partial charge in [0, 0.05) is 12.5 Å². The number of benzene rings is 2. The molecule has 2 N–H and O–H groups in total. The number of carboxylic acids is 1. The first-order chi connectivity index (χ1) is 15.8. The Morgan fingerprint density at radius 1 is 1.06 bits per heavy atom. The van der Waals surface area contributed by atoms with Gasteiger partial charge in [0.15, 0.2) is 14.6 Å². The highest BCUT2D eigenvalue weighted by Gasteiger charge is 2.47. The van der Waals surface area contributed by atoms with Crippen molar-refractivity contribution in [2.24, 2.45) is 0 Å². The lowest BCUT2D eigenvalue weighted by Gasteiger charge is -2.25. The van der Waals surface area contributed by atoms with Crippen LogP contribution in [0.4, 0.5) is 0 Å². The average Bonchev–Trinajstić information content (AvgIpc) is 3.09. The smallest absolute Gasteiger partial charge is 0.325 e. The summed E-state index contributed by atoms with van der Waals surface area (Å²) in [5.74, 6) is -0.214. The van der Waals surface area contributed by atoms with Crippen LogP contribution in [0, 0.1) is 0 Å². The largest absolute Gasteiger partial charge is 0.497 e. The second-order valence-corrected chi connectivity index (χ2v) is 11.1. The number of sulfone groups is 1. The number of hydrogen-bond acceptors (Lipinski definition) is 6. The number of carboxylic acid groups (broad SMARTS) is 1. The maximum Gasteiger partial charge on any atom is 0.325 e. The highest BCUT2D eigenvalue weighted by Crippen LogP contribution is 2.31. The summed E-state index contributed by atoms with van der Waals surface area (Å²) in [7, 11) is -2.68. The van der Waals surface area contributed by atoms with E-state index in [4.69, 9.17) is 9.47 Å². The molecule has 1 saturated heterocycles. The molecule has 33 heavy (non-hydrogen) atoms. The molecule has 0 spiro atoms. The highest BCUT2D eigenvalue weighted by atomic mass is 32.2. The van der Waals surface area contributed by atoms with Gasteiger partial charge in [-0.25, -0.2) is 8.42 Å². The summed E-state index contributed by atoms with van der Waals surface area (Å²) in [5.41, 5.74) is 0.606. The summed E-state index contributed by atoms with van der Waals surface area (Å²) < 4.78 is 35.4. The van der Waals surface area contributed by atoms with E-state index in [0.29, 0.717) is 29.7 Å². The van der Waals surface area contributed by atoms with Crippen molar-refractivity contribution in [3.63, 3.8) is 0 Å². The van der Waals surface area contributed by atoms with Crippen LogP contribution < -0.4 is 14.8 Å². The molecule has 0 aliphatic carbocycles. The maximum atomic E-state index is 13.2. The number of rotatable bonds is 10. The summed E-state index contributed by atoms with van der Waals surface area (Å²) in [6.45, 7) is 2.90. The minimum Gasteiger partial charge on any atom is -0.497 e. The van der Waals surface area contributed by atoms with Gasteiger partial charge in [0.1, 0.15) is 11.5 Å². The van der Waals surface area contributed by atoms with Crippen molar-refractivity contribution in [3.8, 4) is 11.5 Å². The van der Waals surface area contributed by atoms with E-state index in [1.165, 1.54) is 64.0 Å². The Kier molecular flexibility index (Phi) is 8.37. The molecule has 0 bridgehead atoms. The summed E-state index contributed by atoms with van der Waals surface area (Å²) in [6.07, 6.45) is 5.67. The van der Waals surface area contributed by atoms with E-state index < -0.39 is 20.6 Å². The van der Waals surface area contributed by atoms with E-state index in [1.54, 1.807) is 24.3 Å². The molecule has 1 fully saturated rings. The molecule has 7 nitrogen and oxygen atoms in total. The lowest BCUT2D eigenvalue weighted by molar-refractivity contribution is -0.139. The van der Waals surface area contributed by atoms with Crippen molar-refractivity contribution in [1.82, 2.24) is 5.32 Å². The molecule has 3 rings (SSSR count). The fourth-order valence-electron chi connectivity index (χ4n) is 4.06. The monoisotopic (exact) mass is 475 g/mol. The number of aliphatic carboxylic acids is 1. The number of hydrogen-bond donors (Lipinski definition) is 2. The van der Waals surface area contributed by atoms with E-state index in [9.17, 15) is 18.3 Å². The molecular formula is C25H33NO6S. The second kappa shape index (κ2) is 11.0. The summed E-state index contributed by atoms with van der Waals surface area (Å²) in [4.78, 5) is 12.1. The number of methoxy groups -OCH3 is 1. The van der Waals surface area contributed by atoms with Gasteiger partial charge >= 0.3 is 5.97 Å². The summed E-state index contributed by atoms with van der Waals surface area (Å²) in [6, 6.07) is 13.2. The molecule has 2 atom stereocenters. The first kappa shape index (κ1) is 25.1. The van der Waals surface area contributed by atoms with E-state index in [-0.39, 0.29) is 11.3 Å². The Bertz CT molecular complexity index is 1010. The van der Waals surface area contributed by atoms with Crippen molar-refractivity contribution in [1.29, 1.82) is 0 Å². The van der Waals surface area contributed by atoms with Gasteiger partial charge < -0.3 is 19.9 Å². The second-order valence-electron chi connectivity index (χ2n) is 8.67. The zero-order chi connectivity index (χ0) is 23.9. The van der Waals surface area contributed by atoms with Gasteiger partial charge in [0.2, 0.25) is 0 Å². The molecule has 0 saturated carbocycles. The fourth-order valence-corrected chi connectivity index (χ4v) is 5.66. The van der Waals surface area contributed by atoms with Crippen molar-refractivity contribution in [2.75, 3.05) is 20.3 Å². The Hall–Kier alpha value is -2.58. The molecule has 1 aliphatic heterocycles. The SMILES string of the molecule is COc1ccc(S(=O)(=O)C(C)(Cc2ccc(OCCC3CCCCCN3)cc2)C(=O)O)cc1. The molecule has 0 amide bonds. The molecule has 8 heteroatoms. The van der Waals surface area contributed by atoms with Crippen LogP contribution in [0.25, 0.3) is 0 Å². The predicted octanol–water partition coefficient (Wildman–Crippen LogP) is 3.86. The lowest BCUT2D eigenvalue weighted by Crippen LogP contribution is -2.45. The quantitative estimate of drug-likeness (QED) is 0.538. The van der Waals surface area contributed by atoms with Gasteiger partial charge in [-0.05, 0) is 74.7 Å². The van der Waals surface area contributed by atoms with Gasteiger partial charge in [-0.3, -0.25) is 4.79 Å². The highest BCUT2D eigenvalue weighted by molar-refractivity contribution is 7.93. The molecule has 1 heterocycles. The number of carbonyl (C=O) groups is 1. The van der Waals surface area contributed by atoms with Crippen molar-refractivity contribution < 1.29 is 27.8 Å². The van der Waals surface area contributed by atoms with Crippen LogP contribution in [0.5, 0.6) is 11.5 Å². The zero-order valence-electron chi connectivity index (χ0n) is 19.2. The van der Waals surface area contributed by atoms with Crippen LogP contribution in [0.15, 0.2) is 53.4 Å². The first-order valence-electron chi connectivity index (χ1n) is 11.3. The van der Waals surface area contributed by atoms with Gasteiger partial charge in [0.05, 0.1) is 18.6 Å². The molecule has 0 aromatic heterocycles. The van der Waals surface area contributed by atoms with E-state index in [0.717, 1.165) is 13.0 Å². The molecule has 2 aromatic rings. The minimum atomic E-state index is -4.16. The Morgan fingerprint density at radius 3 is 2.36 bits per heavy atom. The fraction of sp³-hybridized carbons (Fsp3) is 0.480. The number of nitrogens with one attached hydrogen (secondary N) is 1. The van der Waals surface area contributed by atoms with Crippen molar-refractivity contribution in [3.05, 3.63) is 54.1 Å². The van der Waals surface area contributed by atoms with Gasteiger partial charge in [0.25, 0.3) is 0 Å². The summed E-state index contributed by atoms with van der Waals surface area (Å²) >= 11 is 0. The van der Waals surface area contributed by atoms with Crippen LogP contribution >= 0.6 is 0 Å². The van der Waals surface area contributed by atoms with Crippen LogP contribution in [0.2, 0.25) is 0 Å². The Balaban J connectivity index is 1.66. The number of ether oxygens (including phenoxy) is 2. The van der Waals surface area contributed by atoms with E-state index in [1.807, 2.05) is 0 Å². The zero-order valence-corrected chi connectivity index (χ0v) is 20.1. The predicted molar refractivity (Wildman–Crippen MR) is 127 cm³/mol. The van der Waals surface area contributed by atoms with Gasteiger partial charge in [-0.15, -0.1) is 0 Å². The van der Waals surface area contributed by atoms with Gasteiger partial charge in [-0.2, -0.15) is 0 Å². The molecule has 180 valence electrons. The molecule has 2 aromatic carbocycles. The molecule has 2 unspecified atom stereocenters. The average molecular weight is 476 g/mol. The molecule has 1 aliphatic rings. The van der Waals surface area contributed by atoms with Crippen LogP contribution in [0.1, 0.15) is 44.6 Å². The van der Waals surface area contributed by atoms with Crippen LogP contribution in [0.3, 0.4) is 0 Å². The third-order valence-electron chi connectivity index (χ3n) is 6.28. The van der Waals surface area contributed by atoms with Crippen molar-refractivity contribution in [2.45, 2.75) is 61.1 Å². The third kappa shape index (κ3) is 6.06. The topological polar surface area (TPSA) is 102 Å². The van der Waals surface area contributed by atoms with Crippen molar-refractivity contribution >= 4 is 15.8 Å². The standard InChI is InChI=1S/C25H33NO6S/c1-25(24(27)28,33(29,30)23-13-11-21(31-2)12-14-23)18-19-7-9-22(10-8-19)32-17-15-20-6-4-3-5-16-26-20/h7-14,20,26H,3-6,15-18H2,1-2H3,(H,27,28). The third-order valence-corrected chi connectivity index (χ3v) is 8.68. The minimum absolute atomic E-state index is 0.0553. The van der Waals surface area contributed by atoms with E-state index >= 15 is 0 Å². The van der Waals surface area contributed by atoms with Crippen LogP contribution in [-0.2, 0) is 21.1 Å². The van der Waals surface area contributed by atoms with E-state index in [2.05, 4.69) is 5.32 Å². The Labute approximate surface area is 196 Å². The summed E-state index contributed by atoms with van der Waals surface area (Å²) in [5, 5.41) is 13.4. The Morgan fingerprint density at radius 2 is 1.73 bits per heavy atom. The lowest BCUT2D eigenvalue weighted by atomic mass is 10.0. The first-order valence-corrected chi connectivity index (χ1v) is 12.8. The van der Waals surface area contributed by atoms with Gasteiger partial charge in [-0.1, -0.05) is 25.0 Å². The molecule has 0 radical (unpaired) electrons. The maximum absolute atomic E-state index is 13.2. The normalized spacial score (nSPS) is 18.7. The van der Waals surface area contributed by atoms with Crippen LogP contribution in [-0.4, -0.2) is 50.5 Å². The molecular weight excluding hydrogens is 442 g/mol.